The number of piperazine rings is 1. The van der Waals surface area contributed by atoms with Crippen molar-refractivity contribution in [2.45, 2.75) is 20.0 Å². The van der Waals surface area contributed by atoms with E-state index in [2.05, 4.69) is 61.4 Å². The smallest absolute Gasteiger partial charge is 0.163 e. The molecule has 2 aromatic heterocycles. The van der Waals surface area contributed by atoms with Crippen LogP contribution in [0.1, 0.15) is 18.1 Å². The zero-order chi connectivity index (χ0) is 18.6. The van der Waals surface area contributed by atoms with Crippen molar-refractivity contribution in [2.24, 2.45) is 7.05 Å². The molecule has 3 heterocycles. The summed E-state index contributed by atoms with van der Waals surface area (Å²) in [6.45, 7) is 9.85. The van der Waals surface area contributed by atoms with Gasteiger partial charge >= 0.3 is 0 Å². The fourth-order valence-electron chi connectivity index (χ4n) is 3.57. The number of hydrogen-bond acceptors (Lipinski definition) is 6. The van der Waals surface area contributed by atoms with E-state index in [0.717, 1.165) is 49.6 Å². The fourth-order valence-corrected chi connectivity index (χ4v) is 3.57. The van der Waals surface area contributed by atoms with E-state index in [4.69, 9.17) is 0 Å². The molecule has 0 aliphatic carbocycles. The first-order valence-corrected chi connectivity index (χ1v) is 9.62. The van der Waals surface area contributed by atoms with E-state index in [1.165, 1.54) is 24.2 Å². The number of nitrogens with zero attached hydrogens (tertiary/aromatic N) is 6. The summed E-state index contributed by atoms with van der Waals surface area (Å²) in [5.41, 5.74) is 3.46. The summed E-state index contributed by atoms with van der Waals surface area (Å²) in [5, 5.41) is 8.61. The number of aryl methyl sites for hydroxylation is 1. The third-order valence-electron chi connectivity index (χ3n) is 5.33. The van der Waals surface area contributed by atoms with Crippen LogP contribution in [0.5, 0.6) is 0 Å². The first-order valence-electron chi connectivity index (χ1n) is 9.62. The quantitative estimate of drug-likeness (QED) is 0.722. The third kappa shape index (κ3) is 4.09. The lowest BCUT2D eigenvalue weighted by atomic mass is 10.1. The molecule has 142 valence electrons. The van der Waals surface area contributed by atoms with Crippen LogP contribution in [0.15, 0.2) is 36.8 Å². The lowest BCUT2D eigenvalue weighted by molar-refractivity contribution is 0.132. The lowest BCUT2D eigenvalue weighted by Gasteiger charge is -2.34. The molecule has 7 heteroatoms. The van der Waals surface area contributed by atoms with Gasteiger partial charge in [0, 0.05) is 46.3 Å². The van der Waals surface area contributed by atoms with E-state index in [-0.39, 0.29) is 0 Å². The number of fused-ring (bicyclic) bond motifs is 1. The molecule has 4 rings (SSSR count). The molecule has 0 atom stereocenters. The molecule has 1 saturated heterocycles. The standard InChI is InChI=1S/C20H27N7/c1-3-26-8-10-27(11-9-26)14-17-6-4-16(5-7-17)12-21-19-18-13-24-25(2)20(18)23-15-22-19/h4-7,13,15H,3,8-12,14H2,1-2H3,(H,21,22,23). The van der Waals surface area contributed by atoms with E-state index in [1.54, 1.807) is 17.2 Å². The van der Waals surface area contributed by atoms with Crippen molar-refractivity contribution in [3.8, 4) is 0 Å². The van der Waals surface area contributed by atoms with Crippen LogP contribution in [0.4, 0.5) is 5.82 Å². The molecule has 7 nitrogen and oxygen atoms in total. The Kier molecular flexibility index (Phi) is 5.31. The van der Waals surface area contributed by atoms with Gasteiger partial charge in [0.2, 0.25) is 0 Å². The topological polar surface area (TPSA) is 62.1 Å². The second kappa shape index (κ2) is 8.02. The number of anilines is 1. The fraction of sp³-hybridized carbons (Fsp3) is 0.450. The van der Waals surface area contributed by atoms with Crippen molar-refractivity contribution in [3.63, 3.8) is 0 Å². The third-order valence-corrected chi connectivity index (χ3v) is 5.33. The van der Waals surface area contributed by atoms with Crippen molar-refractivity contribution in [1.82, 2.24) is 29.5 Å². The number of aromatic nitrogens is 4. The number of rotatable bonds is 6. The molecule has 0 saturated carbocycles. The van der Waals surface area contributed by atoms with Crippen molar-refractivity contribution < 1.29 is 0 Å². The summed E-state index contributed by atoms with van der Waals surface area (Å²) in [7, 11) is 1.89. The molecule has 3 aromatic rings. The minimum Gasteiger partial charge on any atom is -0.365 e. The Bertz CT molecular complexity index is 879. The van der Waals surface area contributed by atoms with Crippen molar-refractivity contribution in [3.05, 3.63) is 47.9 Å². The van der Waals surface area contributed by atoms with Crippen molar-refractivity contribution in [1.29, 1.82) is 0 Å². The molecule has 0 radical (unpaired) electrons. The van der Waals surface area contributed by atoms with Crippen LogP contribution < -0.4 is 5.32 Å². The summed E-state index contributed by atoms with van der Waals surface area (Å²) in [4.78, 5) is 13.7. The first-order chi connectivity index (χ1) is 13.2. The van der Waals surface area contributed by atoms with E-state index in [9.17, 15) is 0 Å². The minimum atomic E-state index is 0.733. The zero-order valence-electron chi connectivity index (χ0n) is 16.1. The Morgan fingerprint density at radius 2 is 1.67 bits per heavy atom. The van der Waals surface area contributed by atoms with Gasteiger partial charge in [0.25, 0.3) is 0 Å². The Morgan fingerprint density at radius 3 is 2.41 bits per heavy atom. The number of hydrogen-bond donors (Lipinski definition) is 1. The van der Waals surface area contributed by atoms with Crippen molar-refractivity contribution >= 4 is 16.9 Å². The maximum absolute atomic E-state index is 4.36. The average Bonchev–Trinajstić information content (AvgIpc) is 3.10. The highest BCUT2D eigenvalue weighted by Gasteiger charge is 2.15. The Morgan fingerprint density at radius 1 is 0.963 bits per heavy atom. The second-order valence-corrected chi connectivity index (χ2v) is 7.11. The van der Waals surface area contributed by atoms with Gasteiger partial charge in [0.1, 0.15) is 12.1 Å². The first kappa shape index (κ1) is 17.9. The number of likely N-dealkylation sites (N-methyl/N-ethyl adjacent to an activating group) is 1. The summed E-state index contributed by atoms with van der Waals surface area (Å²) < 4.78 is 1.76. The molecular weight excluding hydrogens is 338 g/mol. The molecule has 1 aliphatic heterocycles. The van der Waals surface area contributed by atoms with Gasteiger partial charge in [-0.05, 0) is 17.7 Å². The second-order valence-electron chi connectivity index (χ2n) is 7.11. The molecule has 0 bridgehead atoms. The maximum atomic E-state index is 4.36. The van der Waals surface area contributed by atoms with Crippen LogP contribution in [-0.4, -0.2) is 62.3 Å². The van der Waals surface area contributed by atoms with E-state index in [0.29, 0.717) is 0 Å². The highest BCUT2D eigenvalue weighted by molar-refractivity contribution is 5.85. The van der Waals surface area contributed by atoms with Gasteiger partial charge in [-0.3, -0.25) is 9.58 Å². The molecule has 27 heavy (non-hydrogen) atoms. The Balaban J connectivity index is 1.34. The van der Waals surface area contributed by atoms with Gasteiger partial charge in [-0.25, -0.2) is 9.97 Å². The van der Waals surface area contributed by atoms with Gasteiger partial charge in [-0.1, -0.05) is 31.2 Å². The molecule has 0 unspecified atom stereocenters. The average molecular weight is 365 g/mol. The summed E-state index contributed by atoms with van der Waals surface area (Å²) in [6, 6.07) is 8.88. The van der Waals surface area contributed by atoms with Crippen LogP contribution in [0.3, 0.4) is 0 Å². The molecule has 0 spiro atoms. The van der Waals surface area contributed by atoms with E-state index in [1.807, 2.05) is 7.05 Å². The van der Waals surface area contributed by atoms with E-state index >= 15 is 0 Å². The highest BCUT2D eigenvalue weighted by Crippen LogP contribution is 2.18. The molecular formula is C20H27N7. The zero-order valence-corrected chi connectivity index (χ0v) is 16.1. The summed E-state index contributed by atoms with van der Waals surface area (Å²) in [6.07, 6.45) is 3.38. The van der Waals surface area contributed by atoms with Crippen molar-refractivity contribution in [2.75, 3.05) is 38.0 Å². The predicted molar refractivity (Wildman–Crippen MR) is 107 cm³/mol. The maximum Gasteiger partial charge on any atom is 0.163 e. The monoisotopic (exact) mass is 365 g/mol. The predicted octanol–water partition coefficient (Wildman–Crippen LogP) is 2.11. The summed E-state index contributed by atoms with van der Waals surface area (Å²) >= 11 is 0. The Labute approximate surface area is 160 Å². The normalized spacial score (nSPS) is 16.1. The van der Waals surface area contributed by atoms with Gasteiger partial charge in [0.15, 0.2) is 5.65 Å². The molecule has 0 amide bonds. The van der Waals surface area contributed by atoms with E-state index < -0.39 is 0 Å². The summed E-state index contributed by atoms with van der Waals surface area (Å²) in [5.74, 6) is 0.825. The van der Waals surface area contributed by atoms with Crippen LogP contribution >= 0.6 is 0 Å². The van der Waals surface area contributed by atoms with Gasteiger partial charge in [-0.2, -0.15) is 5.10 Å². The van der Waals surface area contributed by atoms with Gasteiger partial charge < -0.3 is 10.2 Å². The minimum absolute atomic E-state index is 0.733. The van der Waals surface area contributed by atoms with Gasteiger partial charge in [0.05, 0.1) is 11.6 Å². The largest absolute Gasteiger partial charge is 0.365 e. The molecule has 1 aromatic carbocycles. The number of nitrogens with one attached hydrogen (secondary N) is 1. The molecule has 1 N–H and O–H groups in total. The van der Waals surface area contributed by atoms with Crippen LogP contribution in [0.25, 0.3) is 11.0 Å². The van der Waals surface area contributed by atoms with Crippen LogP contribution in [0, 0.1) is 0 Å². The lowest BCUT2D eigenvalue weighted by Crippen LogP contribution is -2.45. The molecule has 1 aliphatic rings. The van der Waals surface area contributed by atoms with Crippen LogP contribution in [0.2, 0.25) is 0 Å². The number of benzene rings is 1. The highest BCUT2D eigenvalue weighted by atomic mass is 15.3. The SMILES string of the molecule is CCN1CCN(Cc2ccc(CNc3ncnc4c3cnn4C)cc2)CC1. The van der Waals surface area contributed by atoms with Gasteiger partial charge in [-0.15, -0.1) is 0 Å². The van der Waals surface area contributed by atoms with Crippen LogP contribution in [-0.2, 0) is 20.1 Å². The molecule has 1 fully saturated rings. The Hall–Kier alpha value is -2.51.